The molecule has 1 aromatic heterocycles. The van der Waals surface area contributed by atoms with E-state index in [1.54, 1.807) is 36.4 Å². The van der Waals surface area contributed by atoms with Crippen LogP contribution in [0.3, 0.4) is 0 Å². The van der Waals surface area contributed by atoms with E-state index in [1.165, 1.54) is 6.92 Å². The maximum absolute atomic E-state index is 12.5. The lowest BCUT2D eigenvalue weighted by atomic mass is 10.2. The molecule has 0 unspecified atom stereocenters. The Labute approximate surface area is 136 Å². The van der Waals surface area contributed by atoms with Gasteiger partial charge in [0, 0.05) is 44.5 Å². The van der Waals surface area contributed by atoms with Gasteiger partial charge in [0.1, 0.15) is 0 Å². The molecule has 7 heteroatoms. The molecule has 126 valence electrons. The molecule has 7 nitrogen and oxygen atoms in total. The number of hydrogen-bond donors (Lipinski definition) is 1. The number of rotatable bonds is 9. The predicted octanol–water partition coefficient (Wildman–Crippen LogP) is 1.00. The van der Waals surface area contributed by atoms with Gasteiger partial charge < -0.3 is 15.0 Å². The fourth-order valence-corrected chi connectivity index (χ4v) is 1.99. The highest BCUT2D eigenvalue weighted by atomic mass is 16.5. The molecule has 23 heavy (non-hydrogen) atoms. The highest BCUT2D eigenvalue weighted by Crippen LogP contribution is 2.06. The zero-order chi connectivity index (χ0) is 17.1. The Hall–Kier alpha value is -2.44. The monoisotopic (exact) mass is 321 g/mol. The Balaban J connectivity index is 2.61. The van der Waals surface area contributed by atoms with Crippen LogP contribution in [0, 0.1) is 0 Å². The number of pyridine rings is 1. The molecular formula is C16H23N3O4. The van der Waals surface area contributed by atoms with Crippen LogP contribution >= 0.6 is 0 Å². The van der Waals surface area contributed by atoms with Gasteiger partial charge in [-0.15, -0.1) is 0 Å². The van der Waals surface area contributed by atoms with Gasteiger partial charge in [-0.25, -0.2) is 0 Å². The first kappa shape index (κ1) is 18.6. The number of carbonyl (C=O) groups excluding carboxylic acids is 3. The SMILES string of the molecule is CCOC(=O)CCN(CCCNC(C)=O)C(=O)c1ccncc1. The molecule has 0 saturated carbocycles. The number of ether oxygens (including phenoxy) is 1. The van der Waals surface area contributed by atoms with Crippen molar-refractivity contribution in [1.29, 1.82) is 0 Å². The van der Waals surface area contributed by atoms with Gasteiger partial charge in [-0.2, -0.15) is 0 Å². The maximum atomic E-state index is 12.5. The standard InChI is InChI=1S/C16H23N3O4/c1-3-23-15(21)7-12-19(11-4-8-18-13(2)20)16(22)14-5-9-17-10-6-14/h5-6,9-10H,3-4,7-8,11-12H2,1-2H3,(H,18,20). The summed E-state index contributed by atoms with van der Waals surface area (Å²) >= 11 is 0. The molecule has 0 aliphatic heterocycles. The first-order valence-electron chi connectivity index (χ1n) is 7.64. The van der Waals surface area contributed by atoms with Gasteiger partial charge >= 0.3 is 5.97 Å². The number of carbonyl (C=O) groups is 3. The van der Waals surface area contributed by atoms with Crippen LogP contribution < -0.4 is 5.32 Å². The summed E-state index contributed by atoms with van der Waals surface area (Å²) in [4.78, 5) is 40.4. The summed E-state index contributed by atoms with van der Waals surface area (Å²) in [7, 11) is 0. The predicted molar refractivity (Wildman–Crippen MR) is 84.7 cm³/mol. The van der Waals surface area contributed by atoms with E-state index >= 15 is 0 Å². The van der Waals surface area contributed by atoms with E-state index in [0.717, 1.165) is 0 Å². The normalized spacial score (nSPS) is 10.0. The van der Waals surface area contributed by atoms with E-state index in [4.69, 9.17) is 4.74 Å². The minimum absolute atomic E-state index is 0.108. The van der Waals surface area contributed by atoms with Crippen molar-refractivity contribution in [3.05, 3.63) is 30.1 Å². The number of amides is 2. The number of hydrogen-bond acceptors (Lipinski definition) is 5. The van der Waals surface area contributed by atoms with Gasteiger partial charge in [-0.3, -0.25) is 19.4 Å². The first-order chi connectivity index (χ1) is 11.0. The fraction of sp³-hybridized carbons (Fsp3) is 0.500. The van der Waals surface area contributed by atoms with Crippen molar-refractivity contribution >= 4 is 17.8 Å². The van der Waals surface area contributed by atoms with Crippen LogP contribution in [0.4, 0.5) is 0 Å². The Morgan fingerprint density at radius 2 is 1.91 bits per heavy atom. The number of nitrogens with one attached hydrogen (secondary N) is 1. The Morgan fingerprint density at radius 3 is 2.52 bits per heavy atom. The van der Waals surface area contributed by atoms with Crippen molar-refractivity contribution in [2.24, 2.45) is 0 Å². The molecule has 0 saturated heterocycles. The second-order valence-corrected chi connectivity index (χ2v) is 4.92. The fourth-order valence-electron chi connectivity index (χ4n) is 1.99. The van der Waals surface area contributed by atoms with Crippen LogP contribution in [0.5, 0.6) is 0 Å². The Kier molecular flexibility index (Phi) is 8.34. The number of nitrogens with zero attached hydrogens (tertiary/aromatic N) is 2. The second-order valence-electron chi connectivity index (χ2n) is 4.92. The van der Waals surface area contributed by atoms with Crippen molar-refractivity contribution in [2.75, 3.05) is 26.2 Å². The van der Waals surface area contributed by atoms with E-state index < -0.39 is 0 Å². The molecule has 1 rings (SSSR count). The molecule has 0 aromatic carbocycles. The zero-order valence-electron chi connectivity index (χ0n) is 13.6. The number of aromatic nitrogens is 1. The highest BCUT2D eigenvalue weighted by Gasteiger charge is 2.17. The zero-order valence-corrected chi connectivity index (χ0v) is 13.6. The van der Waals surface area contributed by atoms with Crippen LogP contribution in [0.2, 0.25) is 0 Å². The topological polar surface area (TPSA) is 88.6 Å². The van der Waals surface area contributed by atoms with E-state index in [0.29, 0.717) is 31.7 Å². The Morgan fingerprint density at radius 1 is 1.22 bits per heavy atom. The molecule has 0 radical (unpaired) electrons. The van der Waals surface area contributed by atoms with Gasteiger partial charge in [0.25, 0.3) is 5.91 Å². The highest BCUT2D eigenvalue weighted by molar-refractivity contribution is 5.94. The molecule has 2 amide bonds. The van der Waals surface area contributed by atoms with Gasteiger partial charge in [0.2, 0.25) is 5.91 Å². The molecule has 0 atom stereocenters. The van der Waals surface area contributed by atoms with Crippen LogP contribution in [0.15, 0.2) is 24.5 Å². The average Bonchev–Trinajstić information content (AvgIpc) is 2.54. The van der Waals surface area contributed by atoms with Crippen LogP contribution in [-0.2, 0) is 14.3 Å². The molecule has 0 aliphatic carbocycles. The Bertz CT molecular complexity index is 519. The first-order valence-corrected chi connectivity index (χ1v) is 7.64. The molecule has 0 spiro atoms. The molecule has 1 N–H and O–H groups in total. The van der Waals surface area contributed by atoms with E-state index in [-0.39, 0.29) is 30.7 Å². The maximum Gasteiger partial charge on any atom is 0.307 e. The van der Waals surface area contributed by atoms with Gasteiger partial charge in [0.05, 0.1) is 13.0 Å². The summed E-state index contributed by atoms with van der Waals surface area (Å²) in [5, 5.41) is 2.69. The van der Waals surface area contributed by atoms with E-state index in [9.17, 15) is 14.4 Å². The third-order valence-corrected chi connectivity index (χ3v) is 3.08. The minimum atomic E-state index is -0.332. The third kappa shape index (κ3) is 7.39. The lowest BCUT2D eigenvalue weighted by molar-refractivity contribution is -0.143. The summed E-state index contributed by atoms with van der Waals surface area (Å²) in [6, 6.07) is 3.26. The van der Waals surface area contributed by atoms with E-state index in [1.807, 2.05) is 0 Å². The summed E-state index contributed by atoms with van der Waals surface area (Å²) in [5.74, 6) is -0.607. The smallest absolute Gasteiger partial charge is 0.307 e. The van der Waals surface area contributed by atoms with Gasteiger partial charge in [0.15, 0.2) is 0 Å². The largest absolute Gasteiger partial charge is 0.466 e. The lowest BCUT2D eigenvalue weighted by Gasteiger charge is -2.22. The summed E-state index contributed by atoms with van der Waals surface area (Å²) < 4.78 is 4.89. The minimum Gasteiger partial charge on any atom is -0.466 e. The van der Waals surface area contributed by atoms with Crippen molar-refractivity contribution in [2.45, 2.75) is 26.7 Å². The van der Waals surface area contributed by atoms with Crippen molar-refractivity contribution in [3.63, 3.8) is 0 Å². The molecule has 1 heterocycles. The van der Waals surface area contributed by atoms with Crippen LogP contribution in [0.25, 0.3) is 0 Å². The molecule has 0 bridgehead atoms. The molecule has 0 aliphatic rings. The molecule has 0 fully saturated rings. The number of esters is 1. The van der Waals surface area contributed by atoms with Crippen molar-refractivity contribution < 1.29 is 19.1 Å². The average molecular weight is 321 g/mol. The summed E-state index contributed by atoms with van der Waals surface area (Å²) in [6.45, 7) is 4.71. The van der Waals surface area contributed by atoms with Crippen molar-refractivity contribution in [3.8, 4) is 0 Å². The van der Waals surface area contributed by atoms with Crippen LogP contribution in [0.1, 0.15) is 37.0 Å². The third-order valence-electron chi connectivity index (χ3n) is 3.08. The molecular weight excluding hydrogens is 298 g/mol. The lowest BCUT2D eigenvalue weighted by Crippen LogP contribution is -2.36. The summed E-state index contributed by atoms with van der Waals surface area (Å²) in [6.07, 6.45) is 3.85. The summed E-state index contributed by atoms with van der Waals surface area (Å²) in [5.41, 5.74) is 0.517. The van der Waals surface area contributed by atoms with Gasteiger partial charge in [-0.05, 0) is 25.5 Å². The molecule has 1 aromatic rings. The van der Waals surface area contributed by atoms with Crippen molar-refractivity contribution in [1.82, 2.24) is 15.2 Å². The quantitative estimate of drug-likeness (QED) is 0.541. The van der Waals surface area contributed by atoms with E-state index in [2.05, 4.69) is 10.3 Å². The second kappa shape index (κ2) is 10.3. The van der Waals surface area contributed by atoms with Crippen LogP contribution in [-0.4, -0.2) is 53.9 Å². The van der Waals surface area contributed by atoms with Gasteiger partial charge in [-0.1, -0.05) is 0 Å².